The maximum absolute atomic E-state index is 12.5. The number of pyridine rings is 1. The number of H-pyrrole nitrogens is 2. The van der Waals surface area contributed by atoms with Gasteiger partial charge in [-0.05, 0) is 41.3 Å². The summed E-state index contributed by atoms with van der Waals surface area (Å²) in [5.74, 6) is 0. The lowest BCUT2D eigenvalue weighted by molar-refractivity contribution is 1.28. The van der Waals surface area contributed by atoms with Crippen molar-refractivity contribution >= 4 is 22.2 Å². The molecule has 0 spiro atoms. The second-order valence-corrected chi connectivity index (χ2v) is 7.16. The van der Waals surface area contributed by atoms with Crippen molar-refractivity contribution in [1.29, 1.82) is 0 Å². The lowest BCUT2D eigenvalue weighted by Gasteiger charge is -2.02. The molecule has 3 aromatic heterocycles. The number of thiazole rings is 1. The first-order chi connectivity index (χ1) is 13.3. The Morgan fingerprint density at radius 2 is 1.78 bits per heavy atom. The van der Waals surface area contributed by atoms with E-state index in [9.17, 15) is 4.79 Å². The van der Waals surface area contributed by atoms with Gasteiger partial charge in [-0.2, -0.15) is 0 Å². The molecule has 0 aliphatic rings. The molecule has 2 aromatic carbocycles. The number of hydrogen-bond acceptors (Lipinski definition) is 3. The summed E-state index contributed by atoms with van der Waals surface area (Å²) in [6.45, 7) is 0. The van der Waals surface area contributed by atoms with Crippen molar-refractivity contribution in [1.82, 2.24) is 15.0 Å². The number of aromatic amines is 2. The van der Waals surface area contributed by atoms with Crippen molar-refractivity contribution in [3.05, 3.63) is 88.7 Å². The molecule has 27 heavy (non-hydrogen) atoms. The summed E-state index contributed by atoms with van der Waals surface area (Å²) >= 11 is 1.54. The summed E-state index contributed by atoms with van der Waals surface area (Å²) in [6.07, 6.45) is 1.91. The number of aromatic nitrogens is 3. The molecule has 5 rings (SSSR count). The van der Waals surface area contributed by atoms with Crippen LogP contribution >= 0.6 is 11.3 Å². The van der Waals surface area contributed by atoms with Gasteiger partial charge in [0.2, 0.25) is 0 Å². The number of nitrogens with one attached hydrogen (secondary N) is 2. The van der Waals surface area contributed by atoms with E-state index in [2.05, 4.69) is 22.1 Å². The third-order valence-corrected chi connectivity index (χ3v) is 5.44. The zero-order chi connectivity index (χ0) is 18.2. The van der Waals surface area contributed by atoms with E-state index >= 15 is 0 Å². The molecule has 0 aliphatic carbocycles. The van der Waals surface area contributed by atoms with Gasteiger partial charge >= 0.3 is 0 Å². The van der Waals surface area contributed by atoms with Crippen LogP contribution in [0.5, 0.6) is 0 Å². The SMILES string of the molecule is O=c1[nH]c2ccccc2cc1-c1csc(-c2cccc(-c3ccc[nH]3)c2)n1. The molecule has 5 heteroatoms. The van der Waals surface area contributed by atoms with Crippen LogP contribution in [0.1, 0.15) is 0 Å². The average molecular weight is 369 g/mol. The molecule has 0 saturated heterocycles. The highest BCUT2D eigenvalue weighted by molar-refractivity contribution is 7.13. The van der Waals surface area contributed by atoms with Crippen LogP contribution in [0.25, 0.3) is 44.0 Å². The fourth-order valence-corrected chi connectivity index (χ4v) is 4.01. The van der Waals surface area contributed by atoms with Gasteiger partial charge in [0, 0.05) is 28.4 Å². The van der Waals surface area contributed by atoms with Gasteiger partial charge in [0.15, 0.2) is 0 Å². The van der Waals surface area contributed by atoms with Gasteiger partial charge in [0.25, 0.3) is 5.56 Å². The Morgan fingerprint density at radius 1 is 0.889 bits per heavy atom. The number of hydrogen-bond donors (Lipinski definition) is 2. The van der Waals surface area contributed by atoms with Gasteiger partial charge in [-0.15, -0.1) is 11.3 Å². The van der Waals surface area contributed by atoms with Crippen molar-refractivity contribution in [2.45, 2.75) is 0 Å². The summed E-state index contributed by atoms with van der Waals surface area (Å²) in [4.78, 5) is 23.4. The molecule has 0 amide bonds. The predicted octanol–water partition coefficient (Wildman–Crippen LogP) is 5.31. The molecule has 0 bridgehead atoms. The van der Waals surface area contributed by atoms with Crippen molar-refractivity contribution in [3.63, 3.8) is 0 Å². The maximum Gasteiger partial charge on any atom is 0.257 e. The molecular weight excluding hydrogens is 354 g/mol. The first kappa shape index (κ1) is 15.8. The van der Waals surface area contributed by atoms with E-state index in [1.165, 1.54) is 0 Å². The molecule has 5 aromatic rings. The molecule has 0 aliphatic heterocycles. The number of nitrogens with zero attached hydrogens (tertiary/aromatic N) is 1. The van der Waals surface area contributed by atoms with Crippen LogP contribution in [0.4, 0.5) is 0 Å². The van der Waals surface area contributed by atoms with Crippen LogP contribution in [0, 0.1) is 0 Å². The van der Waals surface area contributed by atoms with E-state index in [-0.39, 0.29) is 5.56 Å². The minimum atomic E-state index is -0.120. The van der Waals surface area contributed by atoms with Crippen LogP contribution in [-0.4, -0.2) is 15.0 Å². The smallest absolute Gasteiger partial charge is 0.257 e. The summed E-state index contributed by atoms with van der Waals surface area (Å²) in [6, 6.07) is 21.9. The molecule has 2 N–H and O–H groups in total. The van der Waals surface area contributed by atoms with Gasteiger partial charge < -0.3 is 9.97 Å². The van der Waals surface area contributed by atoms with Crippen LogP contribution in [-0.2, 0) is 0 Å². The summed E-state index contributed by atoms with van der Waals surface area (Å²) in [5.41, 5.74) is 5.23. The lowest BCUT2D eigenvalue weighted by atomic mass is 10.1. The van der Waals surface area contributed by atoms with E-state index < -0.39 is 0 Å². The molecule has 0 atom stereocenters. The van der Waals surface area contributed by atoms with Gasteiger partial charge in [-0.3, -0.25) is 4.79 Å². The Labute approximate surface area is 159 Å². The molecular formula is C22H15N3OS. The number of fused-ring (bicyclic) bond motifs is 1. The van der Waals surface area contributed by atoms with Gasteiger partial charge in [-0.1, -0.05) is 36.4 Å². The van der Waals surface area contributed by atoms with E-state index in [0.717, 1.165) is 32.7 Å². The number of rotatable bonds is 3. The second-order valence-electron chi connectivity index (χ2n) is 6.30. The minimum Gasteiger partial charge on any atom is -0.361 e. The largest absolute Gasteiger partial charge is 0.361 e. The zero-order valence-corrected chi connectivity index (χ0v) is 15.1. The summed E-state index contributed by atoms with van der Waals surface area (Å²) in [7, 11) is 0. The highest BCUT2D eigenvalue weighted by atomic mass is 32.1. The molecule has 0 unspecified atom stereocenters. The topological polar surface area (TPSA) is 61.5 Å². The third-order valence-electron chi connectivity index (χ3n) is 4.55. The van der Waals surface area contributed by atoms with Crippen LogP contribution in [0.2, 0.25) is 0 Å². The molecule has 0 radical (unpaired) electrons. The summed E-state index contributed by atoms with van der Waals surface area (Å²) in [5, 5.41) is 3.83. The molecule has 3 heterocycles. The molecule has 130 valence electrons. The van der Waals surface area contributed by atoms with Gasteiger partial charge in [0.05, 0.1) is 11.3 Å². The first-order valence-electron chi connectivity index (χ1n) is 8.60. The standard InChI is InChI=1S/C22H15N3OS/c26-21-17(12-15-5-1-2-8-19(15)24-21)20-13-27-22(25-20)16-7-3-6-14(11-16)18-9-4-10-23-18/h1-13,23H,(H,24,26). The summed E-state index contributed by atoms with van der Waals surface area (Å²) < 4.78 is 0. The Morgan fingerprint density at radius 3 is 2.67 bits per heavy atom. The average Bonchev–Trinajstić information content (AvgIpc) is 3.40. The van der Waals surface area contributed by atoms with E-state index in [1.54, 1.807) is 11.3 Å². The molecule has 0 saturated carbocycles. The van der Waals surface area contributed by atoms with Crippen molar-refractivity contribution in [3.8, 4) is 33.1 Å². The Hall–Kier alpha value is -3.44. The van der Waals surface area contributed by atoms with Crippen molar-refractivity contribution in [2.24, 2.45) is 0 Å². The quantitative estimate of drug-likeness (QED) is 0.452. The normalized spacial score (nSPS) is 11.1. The second kappa shape index (κ2) is 6.37. The minimum absolute atomic E-state index is 0.120. The molecule has 4 nitrogen and oxygen atoms in total. The van der Waals surface area contributed by atoms with Crippen LogP contribution in [0.15, 0.2) is 83.1 Å². The molecule has 0 fully saturated rings. The Bertz CT molecular complexity index is 1300. The number of benzene rings is 2. The monoisotopic (exact) mass is 369 g/mol. The predicted molar refractivity (Wildman–Crippen MR) is 111 cm³/mol. The fourth-order valence-electron chi connectivity index (χ4n) is 3.20. The van der Waals surface area contributed by atoms with E-state index in [4.69, 9.17) is 4.98 Å². The Balaban J connectivity index is 1.57. The lowest BCUT2D eigenvalue weighted by Crippen LogP contribution is -2.08. The first-order valence-corrected chi connectivity index (χ1v) is 9.48. The van der Waals surface area contributed by atoms with E-state index in [1.807, 2.05) is 66.2 Å². The van der Waals surface area contributed by atoms with Gasteiger partial charge in [-0.25, -0.2) is 4.98 Å². The van der Waals surface area contributed by atoms with Crippen LogP contribution in [0.3, 0.4) is 0 Å². The fraction of sp³-hybridized carbons (Fsp3) is 0. The van der Waals surface area contributed by atoms with Crippen molar-refractivity contribution in [2.75, 3.05) is 0 Å². The maximum atomic E-state index is 12.5. The zero-order valence-electron chi connectivity index (χ0n) is 14.3. The highest BCUT2D eigenvalue weighted by Gasteiger charge is 2.11. The van der Waals surface area contributed by atoms with Gasteiger partial charge in [0.1, 0.15) is 5.01 Å². The highest BCUT2D eigenvalue weighted by Crippen LogP contribution is 2.30. The van der Waals surface area contributed by atoms with E-state index in [0.29, 0.717) is 11.3 Å². The third kappa shape index (κ3) is 2.88. The van der Waals surface area contributed by atoms with Crippen LogP contribution < -0.4 is 5.56 Å². The Kier molecular flexibility index (Phi) is 3.73. The van der Waals surface area contributed by atoms with Crippen molar-refractivity contribution < 1.29 is 0 Å². The number of para-hydroxylation sites is 1.